The van der Waals surface area contributed by atoms with Crippen molar-refractivity contribution < 1.29 is 9.90 Å². The Balaban J connectivity index is 1.93. The summed E-state index contributed by atoms with van der Waals surface area (Å²) in [5.41, 5.74) is 1.74. The molecule has 1 amide bonds. The van der Waals surface area contributed by atoms with Crippen LogP contribution in [0.15, 0.2) is 24.3 Å². The summed E-state index contributed by atoms with van der Waals surface area (Å²) >= 11 is 0. The van der Waals surface area contributed by atoms with Crippen molar-refractivity contribution in [2.24, 2.45) is 0 Å². The van der Waals surface area contributed by atoms with Crippen LogP contribution in [0, 0.1) is 0 Å². The lowest BCUT2D eigenvalue weighted by molar-refractivity contribution is 0.0941. The van der Waals surface area contributed by atoms with Crippen molar-refractivity contribution in [1.29, 1.82) is 0 Å². The van der Waals surface area contributed by atoms with E-state index >= 15 is 0 Å². The first-order chi connectivity index (χ1) is 9.72. The van der Waals surface area contributed by atoms with E-state index in [0.717, 1.165) is 29.8 Å². The average Bonchev–Trinajstić information content (AvgIpc) is 2.94. The first kappa shape index (κ1) is 14.2. The topological polar surface area (TPSA) is 90.9 Å². The summed E-state index contributed by atoms with van der Waals surface area (Å²) in [6.07, 6.45) is 1.73. The largest absolute Gasteiger partial charge is 0.392 e. The second-order valence-electron chi connectivity index (χ2n) is 4.52. The van der Waals surface area contributed by atoms with Crippen LogP contribution in [0.3, 0.4) is 0 Å². The number of amides is 1. The van der Waals surface area contributed by atoms with Gasteiger partial charge in [0.2, 0.25) is 5.82 Å². The number of carbonyl (C=O) groups excluding carboxylic acids is 1. The Morgan fingerprint density at radius 2 is 2.20 bits per heavy atom. The third-order valence-corrected chi connectivity index (χ3v) is 2.85. The zero-order valence-electron chi connectivity index (χ0n) is 11.4. The number of hydrogen-bond donors (Lipinski definition) is 3. The SMILES string of the molecule is CCCc1nc(C(=O)NCc2cccc(CO)c2)n[nH]1. The molecule has 0 spiro atoms. The normalized spacial score (nSPS) is 10.5. The van der Waals surface area contributed by atoms with Gasteiger partial charge in [0.25, 0.3) is 5.91 Å². The molecule has 6 heteroatoms. The van der Waals surface area contributed by atoms with E-state index in [2.05, 4.69) is 20.5 Å². The zero-order chi connectivity index (χ0) is 14.4. The maximum absolute atomic E-state index is 11.9. The summed E-state index contributed by atoms with van der Waals surface area (Å²) in [4.78, 5) is 16.0. The van der Waals surface area contributed by atoms with E-state index in [1.54, 1.807) is 0 Å². The van der Waals surface area contributed by atoms with E-state index in [-0.39, 0.29) is 18.3 Å². The molecule has 2 aromatic rings. The average molecular weight is 274 g/mol. The van der Waals surface area contributed by atoms with E-state index < -0.39 is 0 Å². The minimum Gasteiger partial charge on any atom is -0.392 e. The highest BCUT2D eigenvalue weighted by Crippen LogP contribution is 2.05. The number of carbonyl (C=O) groups is 1. The Morgan fingerprint density at radius 1 is 1.40 bits per heavy atom. The van der Waals surface area contributed by atoms with Gasteiger partial charge in [0.05, 0.1) is 6.61 Å². The molecular weight excluding hydrogens is 256 g/mol. The van der Waals surface area contributed by atoms with Gasteiger partial charge >= 0.3 is 0 Å². The zero-order valence-corrected chi connectivity index (χ0v) is 11.4. The molecule has 0 radical (unpaired) electrons. The fraction of sp³-hybridized carbons (Fsp3) is 0.357. The molecule has 0 saturated carbocycles. The molecule has 3 N–H and O–H groups in total. The van der Waals surface area contributed by atoms with Crippen LogP contribution in [0.5, 0.6) is 0 Å². The van der Waals surface area contributed by atoms with Crippen LogP contribution in [0.4, 0.5) is 0 Å². The van der Waals surface area contributed by atoms with Gasteiger partial charge in [0.15, 0.2) is 0 Å². The maximum Gasteiger partial charge on any atom is 0.291 e. The van der Waals surface area contributed by atoms with Gasteiger partial charge in [-0.1, -0.05) is 31.2 Å². The van der Waals surface area contributed by atoms with Gasteiger partial charge in [-0.05, 0) is 17.5 Å². The summed E-state index contributed by atoms with van der Waals surface area (Å²) in [6, 6.07) is 7.41. The molecule has 1 aromatic heterocycles. The minimum atomic E-state index is -0.307. The molecule has 2 rings (SSSR count). The van der Waals surface area contributed by atoms with E-state index in [1.165, 1.54) is 0 Å². The number of nitrogens with one attached hydrogen (secondary N) is 2. The second-order valence-corrected chi connectivity index (χ2v) is 4.52. The lowest BCUT2D eigenvalue weighted by atomic mass is 10.1. The quantitative estimate of drug-likeness (QED) is 0.737. The molecule has 0 aliphatic heterocycles. The van der Waals surface area contributed by atoms with Crippen molar-refractivity contribution in [2.45, 2.75) is 32.9 Å². The summed E-state index contributed by atoms with van der Waals surface area (Å²) in [5, 5.41) is 18.5. The van der Waals surface area contributed by atoms with Gasteiger partial charge < -0.3 is 10.4 Å². The summed E-state index contributed by atoms with van der Waals surface area (Å²) in [7, 11) is 0. The van der Waals surface area contributed by atoms with Crippen molar-refractivity contribution in [1.82, 2.24) is 20.5 Å². The fourth-order valence-corrected chi connectivity index (χ4v) is 1.84. The summed E-state index contributed by atoms with van der Waals surface area (Å²) < 4.78 is 0. The monoisotopic (exact) mass is 274 g/mol. The molecule has 0 saturated heterocycles. The van der Waals surface area contributed by atoms with Gasteiger partial charge in [-0.25, -0.2) is 4.98 Å². The number of nitrogens with zero attached hydrogens (tertiary/aromatic N) is 2. The van der Waals surface area contributed by atoms with Crippen molar-refractivity contribution in [2.75, 3.05) is 0 Å². The molecule has 6 nitrogen and oxygen atoms in total. The van der Waals surface area contributed by atoms with Crippen molar-refractivity contribution in [3.05, 3.63) is 47.0 Å². The van der Waals surface area contributed by atoms with E-state index in [4.69, 9.17) is 5.11 Å². The standard InChI is InChI=1S/C14H18N4O2/c1-2-4-12-16-13(18-17-12)14(20)15-8-10-5-3-6-11(7-10)9-19/h3,5-7,19H,2,4,8-9H2,1H3,(H,15,20)(H,16,17,18). The predicted octanol–water partition coefficient (Wildman–Crippen LogP) is 1.18. The van der Waals surface area contributed by atoms with Crippen LogP contribution in [0.2, 0.25) is 0 Å². The van der Waals surface area contributed by atoms with E-state index in [1.807, 2.05) is 31.2 Å². The highest BCUT2D eigenvalue weighted by molar-refractivity contribution is 5.90. The number of aliphatic hydroxyl groups is 1. The van der Waals surface area contributed by atoms with Crippen LogP contribution in [0.1, 0.15) is 40.9 Å². The molecule has 0 atom stereocenters. The molecule has 106 valence electrons. The molecule has 0 fully saturated rings. The lowest BCUT2D eigenvalue weighted by Crippen LogP contribution is -2.24. The lowest BCUT2D eigenvalue weighted by Gasteiger charge is -2.04. The number of aliphatic hydroxyl groups excluding tert-OH is 1. The smallest absolute Gasteiger partial charge is 0.291 e. The Hall–Kier alpha value is -2.21. The number of hydrogen-bond acceptors (Lipinski definition) is 4. The number of benzene rings is 1. The second kappa shape index (κ2) is 6.81. The molecule has 0 unspecified atom stereocenters. The van der Waals surface area contributed by atoms with Crippen LogP contribution < -0.4 is 5.32 Å². The first-order valence-electron chi connectivity index (χ1n) is 6.61. The molecule has 1 heterocycles. The Morgan fingerprint density at radius 3 is 2.95 bits per heavy atom. The van der Waals surface area contributed by atoms with Gasteiger partial charge in [0, 0.05) is 13.0 Å². The van der Waals surface area contributed by atoms with Crippen LogP contribution in [0.25, 0.3) is 0 Å². The number of aromatic amines is 1. The van der Waals surface area contributed by atoms with Gasteiger partial charge in [0.1, 0.15) is 5.82 Å². The van der Waals surface area contributed by atoms with E-state index in [0.29, 0.717) is 6.54 Å². The van der Waals surface area contributed by atoms with Crippen molar-refractivity contribution in [3.8, 4) is 0 Å². The van der Waals surface area contributed by atoms with Gasteiger partial charge in [-0.15, -0.1) is 5.10 Å². The number of aryl methyl sites for hydroxylation is 1. The van der Waals surface area contributed by atoms with Crippen LogP contribution >= 0.6 is 0 Å². The third-order valence-electron chi connectivity index (χ3n) is 2.85. The number of H-pyrrole nitrogens is 1. The molecular formula is C14H18N4O2. The van der Waals surface area contributed by atoms with Crippen LogP contribution in [-0.2, 0) is 19.6 Å². The summed E-state index contributed by atoms with van der Waals surface area (Å²) in [6.45, 7) is 2.41. The van der Waals surface area contributed by atoms with Gasteiger partial charge in [-0.2, -0.15) is 0 Å². The summed E-state index contributed by atoms with van der Waals surface area (Å²) in [5.74, 6) is 0.574. The highest BCUT2D eigenvalue weighted by Gasteiger charge is 2.11. The Kier molecular flexibility index (Phi) is 4.84. The number of aromatic nitrogens is 3. The predicted molar refractivity (Wildman–Crippen MR) is 73.9 cm³/mol. The Bertz CT molecular complexity index is 580. The molecule has 0 aliphatic carbocycles. The van der Waals surface area contributed by atoms with Gasteiger partial charge in [-0.3, -0.25) is 9.89 Å². The number of rotatable bonds is 6. The van der Waals surface area contributed by atoms with E-state index in [9.17, 15) is 4.79 Å². The van der Waals surface area contributed by atoms with Crippen molar-refractivity contribution in [3.63, 3.8) is 0 Å². The fourth-order valence-electron chi connectivity index (χ4n) is 1.84. The highest BCUT2D eigenvalue weighted by atomic mass is 16.3. The molecule has 0 aliphatic rings. The Labute approximate surface area is 117 Å². The minimum absolute atomic E-state index is 0.0108. The van der Waals surface area contributed by atoms with Crippen LogP contribution in [-0.4, -0.2) is 26.2 Å². The third kappa shape index (κ3) is 3.64. The molecule has 1 aromatic carbocycles. The molecule has 0 bridgehead atoms. The van der Waals surface area contributed by atoms with Crippen molar-refractivity contribution >= 4 is 5.91 Å². The first-order valence-corrected chi connectivity index (χ1v) is 6.61. The molecule has 20 heavy (non-hydrogen) atoms. The maximum atomic E-state index is 11.9.